The summed E-state index contributed by atoms with van der Waals surface area (Å²) in [6.45, 7) is 0.376. The molecule has 2 nitrogen and oxygen atoms in total. The molecule has 2 rings (SSSR count). The maximum absolute atomic E-state index is 11.0. The fourth-order valence-corrected chi connectivity index (χ4v) is 2.35. The van der Waals surface area contributed by atoms with Crippen molar-refractivity contribution in [1.29, 1.82) is 0 Å². The summed E-state index contributed by atoms with van der Waals surface area (Å²) in [5.74, 6) is 0.982. The van der Waals surface area contributed by atoms with E-state index in [0.29, 0.717) is 24.7 Å². The van der Waals surface area contributed by atoms with E-state index in [1.165, 1.54) is 32.1 Å². The van der Waals surface area contributed by atoms with E-state index in [0.717, 1.165) is 0 Å². The van der Waals surface area contributed by atoms with E-state index in [1.807, 2.05) is 0 Å². The summed E-state index contributed by atoms with van der Waals surface area (Å²) in [5.41, 5.74) is 0. The van der Waals surface area contributed by atoms with E-state index in [1.54, 1.807) is 0 Å². The van der Waals surface area contributed by atoms with Gasteiger partial charge in [0.2, 0.25) is 0 Å². The second-order valence-electron chi connectivity index (χ2n) is 3.99. The Labute approximate surface area is 73.3 Å². The molecule has 1 heterocycles. The summed E-state index contributed by atoms with van der Waals surface area (Å²) in [4.78, 5) is 11.0. The second kappa shape index (κ2) is 3.56. The van der Waals surface area contributed by atoms with Crippen LogP contribution in [0.1, 0.15) is 38.5 Å². The molecular weight excluding hydrogens is 152 g/mol. The van der Waals surface area contributed by atoms with Crippen molar-refractivity contribution in [2.45, 2.75) is 44.6 Å². The molecule has 2 heteroatoms. The number of rotatable bonds is 1. The zero-order valence-electron chi connectivity index (χ0n) is 7.42. The number of ketones is 1. The van der Waals surface area contributed by atoms with Gasteiger partial charge in [0, 0.05) is 6.42 Å². The monoisotopic (exact) mass is 168 g/mol. The van der Waals surface area contributed by atoms with Crippen LogP contribution in [0.15, 0.2) is 0 Å². The molecule has 0 aromatic rings. The van der Waals surface area contributed by atoms with E-state index in [2.05, 4.69) is 0 Å². The lowest BCUT2D eigenvalue weighted by molar-refractivity contribution is -0.117. The first-order chi connectivity index (χ1) is 5.86. The Balaban J connectivity index is 1.86. The van der Waals surface area contributed by atoms with Gasteiger partial charge in [-0.1, -0.05) is 19.3 Å². The lowest BCUT2D eigenvalue weighted by Crippen LogP contribution is -2.22. The average Bonchev–Trinajstić information content (AvgIpc) is 2.54. The smallest absolute Gasteiger partial charge is 0.161 e. The standard InChI is InChI=1S/C10H16O2/c11-9-6-10(12-7-9)8-4-2-1-3-5-8/h8,10H,1-7H2. The van der Waals surface area contributed by atoms with E-state index >= 15 is 0 Å². The average molecular weight is 168 g/mol. The van der Waals surface area contributed by atoms with Crippen LogP contribution in [0.25, 0.3) is 0 Å². The Bertz CT molecular complexity index is 171. The molecule has 0 radical (unpaired) electrons. The van der Waals surface area contributed by atoms with Crippen LogP contribution >= 0.6 is 0 Å². The summed E-state index contributed by atoms with van der Waals surface area (Å²) in [7, 11) is 0. The van der Waals surface area contributed by atoms with Crippen LogP contribution in [-0.2, 0) is 9.53 Å². The SMILES string of the molecule is O=C1COC(C2CCCCC2)C1. The van der Waals surface area contributed by atoms with Crippen LogP contribution in [0.2, 0.25) is 0 Å². The third-order valence-corrected chi connectivity index (χ3v) is 3.06. The molecule has 1 aliphatic carbocycles. The topological polar surface area (TPSA) is 26.3 Å². The van der Waals surface area contributed by atoms with Crippen molar-refractivity contribution in [2.24, 2.45) is 5.92 Å². The van der Waals surface area contributed by atoms with Crippen molar-refractivity contribution in [3.8, 4) is 0 Å². The second-order valence-corrected chi connectivity index (χ2v) is 3.99. The molecule has 0 bridgehead atoms. The largest absolute Gasteiger partial charge is 0.370 e. The Morgan fingerprint density at radius 1 is 1.17 bits per heavy atom. The van der Waals surface area contributed by atoms with Crippen LogP contribution in [0.3, 0.4) is 0 Å². The molecule has 12 heavy (non-hydrogen) atoms. The number of carbonyl (C=O) groups is 1. The summed E-state index contributed by atoms with van der Waals surface area (Å²) in [5, 5.41) is 0. The maximum Gasteiger partial charge on any atom is 0.161 e. The van der Waals surface area contributed by atoms with E-state index in [4.69, 9.17) is 4.74 Å². The Morgan fingerprint density at radius 3 is 2.50 bits per heavy atom. The fourth-order valence-electron chi connectivity index (χ4n) is 2.35. The molecular formula is C10H16O2. The number of hydrogen-bond donors (Lipinski definition) is 0. The Kier molecular flexibility index (Phi) is 2.45. The van der Waals surface area contributed by atoms with E-state index < -0.39 is 0 Å². The number of Topliss-reactive ketones (excluding diaryl/α,β-unsaturated/α-hetero) is 1. The van der Waals surface area contributed by atoms with E-state index in [-0.39, 0.29) is 6.10 Å². The van der Waals surface area contributed by atoms with Gasteiger partial charge in [-0.05, 0) is 18.8 Å². The van der Waals surface area contributed by atoms with Gasteiger partial charge in [-0.15, -0.1) is 0 Å². The van der Waals surface area contributed by atoms with Crippen LogP contribution in [-0.4, -0.2) is 18.5 Å². The van der Waals surface area contributed by atoms with Gasteiger partial charge >= 0.3 is 0 Å². The first kappa shape index (κ1) is 8.24. The zero-order valence-corrected chi connectivity index (χ0v) is 7.42. The van der Waals surface area contributed by atoms with Crippen LogP contribution in [0.5, 0.6) is 0 Å². The minimum Gasteiger partial charge on any atom is -0.370 e. The molecule has 2 aliphatic rings. The first-order valence-electron chi connectivity index (χ1n) is 4.99. The zero-order chi connectivity index (χ0) is 8.39. The highest BCUT2D eigenvalue weighted by molar-refractivity contribution is 5.81. The van der Waals surface area contributed by atoms with Gasteiger partial charge < -0.3 is 4.74 Å². The molecule has 0 spiro atoms. The number of hydrogen-bond acceptors (Lipinski definition) is 2. The summed E-state index contributed by atoms with van der Waals surface area (Å²) in [6, 6.07) is 0. The molecule has 1 saturated carbocycles. The summed E-state index contributed by atoms with van der Waals surface area (Å²) in [6.07, 6.45) is 7.55. The van der Waals surface area contributed by atoms with Crippen molar-refractivity contribution in [3.05, 3.63) is 0 Å². The maximum atomic E-state index is 11.0. The van der Waals surface area contributed by atoms with Gasteiger partial charge in [-0.25, -0.2) is 0 Å². The lowest BCUT2D eigenvalue weighted by Gasteiger charge is -2.25. The molecule has 0 N–H and O–H groups in total. The number of ether oxygens (including phenoxy) is 1. The quantitative estimate of drug-likeness (QED) is 0.598. The minimum atomic E-state index is 0.276. The predicted octanol–water partition coefficient (Wildman–Crippen LogP) is 1.92. The molecule has 2 fully saturated rings. The van der Waals surface area contributed by atoms with Gasteiger partial charge in [0.1, 0.15) is 6.61 Å². The van der Waals surface area contributed by atoms with Crippen molar-refractivity contribution in [3.63, 3.8) is 0 Å². The number of carbonyl (C=O) groups excluding carboxylic acids is 1. The van der Waals surface area contributed by atoms with Crippen LogP contribution in [0, 0.1) is 5.92 Å². The molecule has 1 atom stereocenters. The van der Waals surface area contributed by atoms with E-state index in [9.17, 15) is 4.79 Å². The Morgan fingerprint density at radius 2 is 1.92 bits per heavy atom. The van der Waals surface area contributed by atoms with Crippen molar-refractivity contribution < 1.29 is 9.53 Å². The third kappa shape index (κ3) is 1.69. The lowest BCUT2D eigenvalue weighted by atomic mass is 9.84. The molecule has 1 unspecified atom stereocenters. The molecule has 0 aromatic carbocycles. The highest BCUT2D eigenvalue weighted by atomic mass is 16.5. The molecule has 0 aromatic heterocycles. The minimum absolute atomic E-state index is 0.276. The van der Waals surface area contributed by atoms with Crippen LogP contribution < -0.4 is 0 Å². The molecule has 1 aliphatic heterocycles. The van der Waals surface area contributed by atoms with Gasteiger partial charge in [-0.2, -0.15) is 0 Å². The van der Waals surface area contributed by atoms with Crippen molar-refractivity contribution in [2.75, 3.05) is 6.61 Å². The molecule has 1 saturated heterocycles. The van der Waals surface area contributed by atoms with Crippen LogP contribution in [0.4, 0.5) is 0 Å². The van der Waals surface area contributed by atoms with Gasteiger partial charge in [0.15, 0.2) is 5.78 Å². The van der Waals surface area contributed by atoms with Gasteiger partial charge in [0.25, 0.3) is 0 Å². The van der Waals surface area contributed by atoms with Crippen molar-refractivity contribution >= 4 is 5.78 Å². The normalized spacial score (nSPS) is 32.7. The first-order valence-corrected chi connectivity index (χ1v) is 4.99. The van der Waals surface area contributed by atoms with Gasteiger partial charge in [-0.3, -0.25) is 4.79 Å². The van der Waals surface area contributed by atoms with Gasteiger partial charge in [0.05, 0.1) is 6.10 Å². The summed E-state index contributed by atoms with van der Waals surface area (Å²) >= 11 is 0. The Hall–Kier alpha value is -0.370. The molecule has 0 amide bonds. The highest BCUT2D eigenvalue weighted by Crippen LogP contribution is 2.31. The highest BCUT2D eigenvalue weighted by Gasteiger charge is 2.30. The summed E-state index contributed by atoms with van der Waals surface area (Å²) < 4.78 is 5.46. The third-order valence-electron chi connectivity index (χ3n) is 3.06. The van der Waals surface area contributed by atoms with Crippen molar-refractivity contribution in [1.82, 2.24) is 0 Å². The fraction of sp³-hybridized carbons (Fsp3) is 0.900. The predicted molar refractivity (Wildman–Crippen MR) is 45.9 cm³/mol. The molecule has 68 valence electrons.